The average Bonchev–Trinajstić information content (AvgIpc) is 2.19. The Morgan fingerprint density at radius 1 is 1.44 bits per heavy atom. The van der Waals surface area contributed by atoms with Crippen molar-refractivity contribution in [2.24, 2.45) is 5.73 Å². The van der Waals surface area contributed by atoms with E-state index in [2.05, 4.69) is 15.9 Å². The molecule has 0 spiro atoms. The Bertz CT molecular complexity index is 470. The number of non-ortho nitro benzene ring substituents is 1. The molecule has 0 aliphatic heterocycles. The standard InChI is InChI=1S/C8H6BrF3N2O3.ClH/c9-5-2-3(14(16)17)1-4(6(5)15)7(13)8(10,11)12;/h1-2,7,15H,13H2;1H/t7-;/m0./s1. The van der Waals surface area contributed by atoms with Gasteiger partial charge >= 0.3 is 6.18 Å². The van der Waals surface area contributed by atoms with Crippen LogP contribution in [-0.4, -0.2) is 16.2 Å². The molecule has 18 heavy (non-hydrogen) atoms. The third kappa shape index (κ3) is 3.47. The predicted octanol–water partition coefficient (Wildman–Crippen LogP) is 3.05. The molecule has 5 nitrogen and oxygen atoms in total. The lowest BCUT2D eigenvalue weighted by Gasteiger charge is -2.17. The van der Waals surface area contributed by atoms with Gasteiger partial charge in [-0.25, -0.2) is 0 Å². The maximum absolute atomic E-state index is 12.4. The summed E-state index contributed by atoms with van der Waals surface area (Å²) < 4.78 is 36.9. The first kappa shape index (κ1) is 16.9. The fourth-order valence-corrected chi connectivity index (χ4v) is 1.59. The average molecular weight is 352 g/mol. The van der Waals surface area contributed by atoms with Gasteiger partial charge in [0.15, 0.2) is 0 Å². The third-order valence-electron chi connectivity index (χ3n) is 1.98. The van der Waals surface area contributed by atoms with Crippen molar-refractivity contribution in [1.29, 1.82) is 0 Å². The highest BCUT2D eigenvalue weighted by Crippen LogP contribution is 2.40. The zero-order valence-electron chi connectivity index (χ0n) is 8.44. The highest BCUT2D eigenvalue weighted by Gasteiger charge is 2.40. The number of halogens is 5. The second-order valence-electron chi connectivity index (χ2n) is 3.14. The molecule has 0 aliphatic rings. The molecule has 0 saturated heterocycles. The van der Waals surface area contributed by atoms with Gasteiger partial charge in [-0.2, -0.15) is 13.2 Å². The first-order chi connectivity index (χ1) is 7.64. The molecule has 0 aromatic heterocycles. The van der Waals surface area contributed by atoms with Gasteiger partial charge in [-0.15, -0.1) is 12.4 Å². The molecule has 10 heteroatoms. The lowest BCUT2D eigenvalue weighted by Crippen LogP contribution is -2.28. The molecule has 0 fully saturated rings. The largest absolute Gasteiger partial charge is 0.506 e. The number of alkyl halides is 3. The summed E-state index contributed by atoms with van der Waals surface area (Å²) in [6.45, 7) is 0. The van der Waals surface area contributed by atoms with Crippen LogP contribution in [0.2, 0.25) is 0 Å². The van der Waals surface area contributed by atoms with Crippen LogP contribution in [0.4, 0.5) is 18.9 Å². The van der Waals surface area contributed by atoms with Crippen molar-refractivity contribution < 1.29 is 23.2 Å². The SMILES string of the molecule is Cl.N[C@@H](c1cc([N+](=O)[O-])cc(Br)c1O)C(F)(F)F. The number of phenolic OH excluding ortho intramolecular Hbond substituents is 1. The molecule has 0 heterocycles. The van der Waals surface area contributed by atoms with Gasteiger partial charge in [0.2, 0.25) is 0 Å². The van der Waals surface area contributed by atoms with E-state index in [0.717, 1.165) is 6.07 Å². The number of aromatic hydroxyl groups is 1. The van der Waals surface area contributed by atoms with Crippen LogP contribution in [0.5, 0.6) is 5.75 Å². The van der Waals surface area contributed by atoms with E-state index < -0.39 is 34.1 Å². The van der Waals surface area contributed by atoms with Gasteiger partial charge in [-0.3, -0.25) is 10.1 Å². The summed E-state index contributed by atoms with van der Waals surface area (Å²) >= 11 is 2.72. The second kappa shape index (κ2) is 5.72. The Hall–Kier alpha value is -1.06. The van der Waals surface area contributed by atoms with Crippen LogP contribution in [0.25, 0.3) is 0 Å². The fourth-order valence-electron chi connectivity index (χ4n) is 1.12. The van der Waals surface area contributed by atoms with Crippen molar-refractivity contribution in [2.75, 3.05) is 0 Å². The highest BCUT2D eigenvalue weighted by atomic mass is 79.9. The Morgan fingerprint density at radius 2 is 1.94 bits per heavy atom. The van der Waals surface area contributed by atoms with Gasteiger partial charge in [0.05, 0.1) is 9.40 Å². The first-order valence-corrected chi connectivity index (χ1v) is 4.93. The van der Waals surface area contributed by atoms with Crippen molar-refractivity contribution in [3.63, 3.8) is 0 Å². The topological polar surface area (TPSA) is 89.4 Å². The summed E-state index contributed by atoms with van der Waals surface area (Å²) in [7, 11) is 0. The van der Waals surface area contributed by atoms with Crippen LogP contribution >= 0.6 is 28.3 Å². The van der Waals surface area contributed by atoms with E-state index in [-0.39, 0.29) is 16.9 Å². The van der Waals surface area contributed by atoms with E-state index in [1.165, 1.54) is 0 Å². The number of nitrogens with two attached hydrogens (primary N) is 1. The van der Waals surface area contributed by atoms with Crippen molar-refractivity contribution in [3.8, 4) is 5.75 Å². The van der Waals surface area contributed by atoms with Crippen molar-refractivity contribution in [3.05, 3.63) is 32.3 Å². The molecule has 1 aromatic rings. The third-order valence-corrected chi connectivity index (χ3v) is 2.58. The van der Waals surface area contributed by atoms with E-state index in [9.17, 15) is 28.4 Å². The minimum atomic E-state index is -4.80. The quantitative estimate of drug-likeness (QED) is 0.633. The Labute approximate surface area is 113 Å². The Morgan fingerprint density at radius 3 is 2.33 bits per heavy atom. The molecule has 0 amide bonds. The van der Waals surface area contributed by atoms with Crippen LogP contribution in [0.15, 0.2) is 16.6 Å². The van der Waals surface area contributed by atoms with E-state index >= 15 is 0 Å². The monoisotopic (exact) mass is 350 g/mol. The molecule has 0 bridgehead atoms. The zero-order valence-corrected chi connectivity index (χ0v) is 10.8. The lowest BCUT2D eigenvalue weighted by molar-refractivity contribution is -0.385. The molecule has 1 atom stereocenters. The molecule has 0 saturated carbocycles. The van der Waals surface area contributed by atoms with Crippen molar-refractivity contribution in [1.82, 2.24) is 0 Å². The number of hydrogen-bond donors (Lipinski definition) is 2. The lowest BCUT2D eigenvalue weighted by atomic mass is 10.1. The van der Waals surface area contributed by atoms with Gasteiger partial charge in [-0.1, -0.05) is 0 Å². The van der Waals surface area contributed by atoms with Gasteiger partial charge in [0, 0.05) is 17.7 Å². The predicted molar refractivity (Wildman–Crippen MR) is 62.7 cm³/mol. The first-order valence-electron chi connectivity index (χ1n) is 4.13. The Balaban J connectivity index is 0.00000289. The maximum atomic E-state index is 12.4. The molecule has 0 unspecified atom stereocenters. The molecule has 102 valence electrons. The van der Waals surface area contributed by atoms with Crippen molar-refractivity contribution >= 4 is 34.0 Å². The summed E-state index contributed by atoms with van der Waals surface area (Å²) in [5.41, 5.74) is 3.54. The number of benzene rings is 1. The van der Waals surface area contributed by atoms with Gasteiger partial charge in [0.1, 0.15) is 11.8 Å². The van der Waals surface area contributed by atoms with Crippen LogP contribution in [0.1, 0.15) is 11.6 Å². The smallest absolute Gasteiger partial charge is 0.407 e. The van der Waals surface area contributed by atoms with Crippen molar-refractivity contribution in [2.45, 2.75) is 12.2 Å². The maximum Gasteiger partial charge on any atom is 0.407 e. The molecule has 1 aromatic carbocycles. The van der Waals surface area contributed by atoms with E-state index in [1.54, 1.807) is 0 Å². The number of nitro groups is 1. The summed E-state index contributed by atoms with van der Waals surface area (Å²) in [6, 6.07) is -1.00. The normalized spacial score (nSPS) is 12.7. The molecular weight excluding hydrogens is 344 g/mol. The molecular formula is C8H7BrClF3N2O3. The number of nitrogens with zero attached hydrogens (tertiary/aromatic N) is 1. The minimum Gasteiger partial charge on any atom is -0.506 e. The minimum absolute atomic E-state index is 0. The number of phenols is 1. The molecule has 1 rings (SSSR count). The van der Waals surface area contributed by atoms with Crippen LogP contribution in [0, 0.1) is 10.1 Å². The molecule has 0 aliphatic carbocycles. The fraction of sp³-hybridized carbons (Fsp3) is 0.250. The molecule has 0 radical (unpaired) electrons. The Kier molecular flexibility index (Phi) is 5.38. The number of hydrogen-bond acceptors (Lipinski definition) is 4. The number of nitro benzene ring substituents is 1. The summed E-state index contributed by atoms with van der Waals surface area (Å²) in [6.07, 6.45) is -4.80. The van der Waals surface area contributed by atoms with E-state index in [4.69, 9.17) is 5.73 Å². The zero-order chi connectivity index (χ0) is 13.4. The van der Waals surface area contributed by atoms with Crippen LogP contribution < -0.4 is 5.73 Å². The van der Waals surface area contributed by atoms with E-state index in [0.29, 0.717) is 6.07 Å². The molecule has 3 N–H and O–H groups in total. The van der Waals surface area contributed by atoms with Gasteiger partial charge in [0.25, 0.3) is 5.69 Å². The van der Waals surface area contributed by atoms with Gasteiger partial charge in [-0.05, 0) is 15.9 Å². The highest BCUT2D eigenvalue weighted by molar-refractivity contribution is 9.10. The van der Waals surface area contributed by atoms with Crippen LogP contribution in [-0.2, 0) is 0 Å². The van der Waals surface area contributed by atoms with Crippen LogP contribution in [0.3, 0.4) is 0 Å². The van der Waals surface area contributed by atoms with E-state index in [1.807, 2.05) is 0 Å². The van der Waals surface area contributed by atoms with Gasteiger partial charge < -0.3 is 10.8 Å². The summed E-state index contributed by atoms with van der Waals surface area (Å²) in [4.78, 5) is 9.59. The summed E-state index contributed by atoms with van der Waals surface area (Å²) in [5, 5.41) is 19.9. The summed E-state index contributed by atoms with van der Waals surface area (Å²) in [5.74, 6) is -0.763. The second-order valence-corrected chi connectivity index (χ2v) is 4.00. The number of rotatable bonds is 2.